The largest absolute Gasteiger partial charge is 0.382 e. The number of amides is 2. The number of hydrogen-bond donors (Lipinski definition) is 1. The molecule has 0 saturated carbocycles. The summed E-state index contributed by atoms with van der Waals surface area (Å²) in [4.78, 5) is 27.3. The number of likely N-dealkylation sites (tertiary alicyclic amines) is 1. The van der Waals surface area contributed by atoms with Gasteiger partial charge >= 0.3 is 0 Å². The van der Waals surface area contributed by atoms with E-state index in [9.17, 15) is 9.59 Å². The summed E-state index contributed by atoms with van der Waals surface area (Å²) < 4.78 is 5.30. The van der Waals surface area contributed by atoms with Crippen LogP contribution in [0.5, 0.6) is 0 Å². The second kappa shape index (κ2) is 10.9. The Morgan fingerprint density at radius 1 is 1.13 bits per heavy atom. The zero-order valence-electron chi connectivity index (χ0n) is 18.0. The molecule has 1 N–H and O–H groups in total. The number of rotatable bonds is 8. The number of carbonyl (C=O) groups is 2. The molecule has 0 aromatic heterocycles. The molecular weight excluding hydrogens is 376 g/mol. The highest BCUT2D eigenvalue weighted by atomic mass is 16.5. The first-order chi connectivity index (χ1) is 14.6. The Balaban J connectivity index is 1.61. The summed E-state index contributed by atoms with van der Waals surface area (Å²) in [5.74, 6) is 0.276. The minimum atomic E-state index is -0.0586. The molecule has 1 atom stereocenters. The van der Waals surface area contributed by atoms with Gasteiger partial charge in [-0.1, -0.05) is 29.8 Å². The SMILES string of the molecule is CCOCCCNC(=O)c1cccc([C@@H]2CCCN(C(=O)c3ccc(C)cc3)C2)c1. The van der Waals surface area contributed by atoms with Crippen LogP contribution in [0.15, 0.2) is 48.5 Å². The first-order valence-electron chi connectivity index (χ1n) is 10.9. The van der Waals surface area contributed by atoms with Crippen molar-refractivity contribution in [2.24, 2.45) is 0 Å². The maximum Gasteiger partial charge on any atom is 0.253 e. The van der Waals surface area contributed by atoms with Crippen molar-refractivity contribution in [1.82, 2.24) is 10.2 Å². The van der Waals surface area contributed by atoms with Crippen molar-refractivity contribution < 1.29 is 14.3 Å². The predicted molar refractivity (Wildman–Crippen MR) is 119 cm³/mol. The van der Waals surface area contributed by atoms with Crippen LogP contribution in [0.4, 0.5) is 0 Å². The highest BCUT2D eigenvalue weighted by Gasteiger charge is 2.26. The van der Waals surface area contributed by atoms with E-state index in [2.05, 4.69) is 11.4 Å². The summed E-state index contributed by atoms with van der Waals surface area (Å²) in [6.07, 6.45) is 2.80. The maximum absolute atomic E-state index is 12.9. The number of hydrogen-bond acceptors (Lipinski definition) is 3. The van der Waals surface area contributed by atoms with Crippen molar-refractivity contribution in [3.05, 3.63) is 70.8 Å². The van der Waals surface area contributed by atoms with Gasteiger partial charge in [0.15, 0.2) is 0 Å². The first kappa shape index (κ1) is 22.0. The zero-order chi connectivity index (χ0) is 21.3. The molecule has 1 saturated heterocycles. The molecule has 2 amide bonds. The van der Waals surface area contributed by atoms with Gasteiger partial charge in [-0.2, -0.15) is 0 Å². The van der Waals surface area contributed by atoms with E-state index in [4.69, 9.17) is 4.74 Å². The third-order valence-electron chi connectivity index (χ3n) is 5.58. The number of nitrogens with one attached hydrogen (secondary N) is 1. The van der Waals surface area contributed by atoms with Gasteiger partial charge in [0, 0.05) is 49.9 Å². The molecule has 1 heterocycles. The van der Waals surface area contributed by atoms with Crippen molar-refractivity contribution >= 4 is 11.8 Å². The summed E-state index contributed by atoms with van der Waals surface area (Å²) in [5, 5.41) is 2.96. The molecule has 3 rings (SSSR count). The van der Waals surface area contributed by atoms with Crippen LogP contribution >= 0.6 is 0 Å². The fraction of sp³-hybridized carbons (Fsp3) is 0.440. The summed E-state index contributed by atoms with van der Waals surface area (Å²) in [6, 6.07) is 15.6. The first-order valence-corrected chi connectivity index (χ1v) is 10.9. The molecule has 2 aromatic rings. The van der Waals surface area contributed by atoms with Gasteiger partial charge in [0.2, 0.25) is 0 Å². The van der Waals surface area contributed by atoms with Gasteiger partial charge in [0.05, 0.1) is 0 Å². The second-order valence-electron chi connectivity index (χ2n) is 7.89. The van der Waals surface area contributed by atoms with Gasteiger partial charge in [0.1, 0.15) is 0 Å². The van der Waals surface area contributed by atoms with Gasteiger partial charge < -0.3 is 15.0 Å². The molecule has 30 heavy (non-hydrogen) atoms. The van der Waals surface area contributed by atoms with Crippen molar-refractivity contribution in [1.29, 1.82) is 0 Å². The highest BCUT2D eigenvalue weighted by molar-refractivity contribution is 5.95. The molecule has 1 fully saturated rings. The highest BCUT2D eigenvalue weighted by Crippen LogP contribution is 2.28. The van der Waals surface area contributed by atoms with Crippen LogP contribution in [-0.4, -0.2) is 49.6 Å². The second-order valence-corrected chi connectivity index (χ2v) is 7.89. The molecule has 160 valence electrons. The number of ether oxygens (including phenoxy) is 1. The summed E-state index contributed by atoms with van der Waals surface area (Å²) in [5.41, 5.74) is 3.68. The smallest absolute Gasteiger partial charge is 0.253 e. The molecule has 5 nitrogen and oxygen atoms in total. The van der Waals surface area contributed by atoms with Gasteiger partial charge in [-0.3, -0.25) is 9.59 Å². The maximum atomic E-state index is 12.9. The van der Waals surface area contributed by atoms with E-state index in [1.165, 1.54) is 0 Å². The minimum Gasteiger partial charge on any atom is -0.382 e. The Labute approximate surface area is 179 Å². The zero-order valence-corrected chi connectivity index (χ0v) is 18.0. The third kappa shape index (κ3) is 5.92. The van der Waals surface area contributed by atoms with Crippen LogP contribution in [0.1, 0.15) is 63.9 Å². The number of carbonyl (C=O) groups excluding carboxylic acids is 2. The number of aryl methyl sites for hydroxylation is 1. The molecule has 0 aliphatic carbocycles. The summed E-state index contributed by atoms with van der Waals surface area (Å²) >= 11 is 0. The Morgan fingerprint density at radius 3 is 2.70 bits per heavy atom. The van der Waals surface area contributed by atoms with Crippen LogP contribution < -0.4 is 5.32 Å². The van der Waals surface area contributed by atoms with E-state index >= 15 is 0 Å². The Hall–Kier alpha value is -2.66. The van der Waals surface area contributed by atoms with Crippen molar-refractivity contribution in [2.45, 2.75) is 39.0 Å². The Morgan fingerprint density at radius 2 is 1.93 bits per heavy atom. The van der Waals surface area contributed by atoms with E-state index in [-0.39, 0.29) is 17.7 Å². The van der Waals surface area contributed by atoms with Crippen molar-refractivity contribution in [3.63, 3.8) is 0 Å². The molecule has 0 bridgehead atoms. The van der Waals surface area contributed by atoms with Gasteiger partial charge in [-0.15, -0.1) is 0 Å². The minimum absolute atomic E-state index is 0.0586. The van der Waals surface area contributed by atoms with Crippen molar-refractivity contribution in [3.8, 4) is 0 Å². The average molecular weight is 409 g/mol. The molecule has 1 aliphatic heterocycles. The topological polar surface area (TPSA) is 58.6 Å². The molecule has 2 aromatic carbocycles. The Bertz CT molecular complexity index is 848. The lowest BCUT2D eigenvalue weighted by atomic mass is 9.89. The molecule has 5 heteroatoms. The molecule has 0 unspecified atom stereocenters. The molecule has 0 radical (unpaired) electrons. The van der Waals surface area contributed by atoms with Gasteiger partial charge in [0.25, 0.3) is 11.8 Å². The lowest BCUT2D eigenvalue weighted by Gasteiger charge is -2.33. The van der Waals surface area contributed by atoms with Crippen LogP contribution in [0.3, 0.4) is 0 Å². The normalized spacial score (nSPS) is 16.3. The van der Waals surface area contributed by atoms with Crippen molar-refractivity contribution in [2.75, 3.05) is 32.8 Å². The number of nitrogens with zero attached hydrogens (tertiary/aromatic N) is 1. The van der Waals surface area contributed by atoms with Crippen LogP contribution in [0.25, 0.3) is 0 Å². The van der Waals surface area contributed by atoms with Gasteiger partial charge in [-0.25, -0.2) is 0 Å². The molecular formula is C25H32N2O3. The standard InChI is InChI=1S/C25H32N2O3/c1-3-30-16-6-14-26-24(28)22-8-4-7-21(17-22)23-9-5-15-27(18-23)25(29)20-12-10-19(2)11-13-20/h4,7-8,10-13,17,23H,3,5-6,9,14-16,18H2,1-2H3,(H,26,28)/t23-/m1/s1. The predicted octanol–water partition coefficient (Wildman–Crippen LogP) is 4.17. The lowest BCUT2D eigenvalue weighted by molar-refractivity contribution is 0.0706. The van der Waals surface area contributed by atoms with E-state index in [1.807, 2.05) is 61.2 Å². The van der Waals surface area contributed by atoms with Gasteiger partial charge in [-0.05, 0) is 62.9 Å². The average Bonchev–Trinajstić information content (AvgIpc) is 2.79. The fourth-order valence-corrected chi connectivity index (χ4v) is 3.87. The summed E-state index contributed by atoms with van der Waals surface area (Å²) in [6.45, 7) is 7.41. The van der Waals surface area contributed by atoms with Crippen LogP contribution in [0, 0.1) is 6.92 Å². The van der Waals surface area contributed by atoms with E-state index in [0.29, 0.717) is 31.9 Å². The quantitative estimate of drug-likeness (QED) is 0.667. The van der Waals surface area contributed by atoms with E-state index in [0.717, 1.165) is 42.5 Å². The fourth-order valence-electron chi connectivity index (χ4n) is 3.87. The lowest BCUT2D eigenvalue weighted by Crippen LogP contribution is -2.39. The number of piperidine rings is 1. The Kier molecular flexibility index (Phi) is 8.03. The van der Waals surface area contributed by atoms with E-state index < -0.39 is 0 Å². The molecule has 1 aliphatic rings. The summed E-state index contributed by atoms with van der Waals surface area (Å²) in [7, 11) is 0. The van der Waals surface area contributed by atoms with Crippen LogP contribution in [-0.2, 0) is 4.74 Å². The van der Waals surface area contributed by atoms with E-state index in [1.54, 1.807) is 0 Å². The molecule has 0 spiro atoms. The number of benzene rings is 2. The third-order valence-corrected chi connectivity index (χ3v) is 5.58. The van der Waals surface area contributed by atoms with Crippen LogP contribution in [0.2, 0.25) is 0 Å². The monoisotopic (exact) mass is 408 g/mol.